The standard InChI is InChI=1S/C15H13ClN2/c1-11-3-2-4-14(9-11)18-15(10-17)12-5-7-13(16)8-6-12/h2-9,15,18H,1H3. The second-order valence-corrected chi connectivity index (χ2v) is 4.56. The van der Waals surface area contributed by atoms with Gasteiger partial charge in [-0.05, 0) is 42.3 Å². The van der Waals surface area contributed by atoms with Crippen molar-refractivity contribution in [1.82, 2.24) is 0 Å². The highest BCUT2D eigenvalue weighted by Gasteiger charge is 2.09. The van der Waals surface area contributed by atoms with Gasteiger partial charge in [0, 0.05) is 10.7 Å². The summed E-state index contributed by atoms with van der Waals surface area (Å²) in [6.07, 6.45) is 0. The maximum absolute atomic E-state index is 9.23. The number of anilines is 1. The molecule has 1 unspecified atom stereocenters. The summed E-state index contributed by atoms with van der Waals surface area (Å²) in [7, 11) is 0. The number of hydrogen-bond acceptors (Lipinski definition) is 2. The van der Waals surface area contributed by atoms with Crippen molar-refractivity contribution in [2.75, 3.05) is 5.32 Å². The highest BCUT2D eigenvalue weighted by molar-refractivity contribution is 6.30. The third kappa shape index (κ3) is 3.03. The Bertz CT molecular complexity index is 570. The number of nitriles is 1. The maximum atomic E-state index is 9.23. The van der Waals surface area contributed by atoms with Crippen LogP contribution in [0.25, 0.3) is 0 Å². The molecule has 2 rings (SSSR count). The van der Waals surface area contributed by atoms with Gasteiger partial charge in [0.25, 0.3) is 0 Å². The van der Waals surface area contributed by atoms with Crippen molar-refractivity contribution in [2.45, 2.75) is 13.0 Å². The van der Waals surface area contributed by atoms with Crippen molar-refractivity contribution in [3.05, 3.63) is 64.7 Å². The Hall–Kier alpha value is -1.98. The van der Waals surface area contributed by atoms with Crippen LogP contribution in [0.5, 0.6) is 0 Å². The predicted octanol–water partition coefficient (Wildman–Crippen LogP) is 4.33. The van der Waals surface area contributed by atoms with Gasteiger partial charge in [-0.15, -0.1) is 0 Å². The van der Waals surface area contributed by atoms with Crippen LogP contribution in [0.2, 0.25) is 5.02 Å². The Kier molecular flexibility index (Phi) is 3.86. The summed E-state index contributed by atoms with van der Waals surface area (Å²) in [6.45, 7) is 2.02. The largest absolute Gasteiger partial charge is 0.366 e. The molecule has 0 aliphatic heterocycles. The van der Waals surface area contributed by atoms with E-state index in [-0.39, 0.29) is 6.04 Å². The average Bonchev–Trinajstić information content (AvgIpc) is 2.37. The highest BCUT2D eigenvalue weighted by atomic mass is 35.5. The first-order chi connectivity index (χ1) is 8.69. The van der Waals surface area contributed by atoms with Crippen LogP contribution >= 0.6 is 11.6 Å². The lowest BCUT2D eigenvalue weighted by molar-refractivity contribution is 0.997. The molecule has 1 atom stereocenters. The van der Waals surface area contributed by atoms with Gasteiger partial charge in [0.15, 0.2) is 0 Å². The lowest BCUT2D eigenvalue weighted by Crippen LogP contribution is -2.08. The molecule has 3 heteroatoms. The summed E-state index contributed by atoms with van der Waals surface area (Å²) >= 11 is 5.84. The zero-order valence-corrected chi connectivity index (χ0v) is 10.8. The molecule has 0 aromatic heterocycles. The lowest BCUT2D eigenvalue weighted by Gasteiger charge is -2.13. The monoisotopic (exact) mass is 256 g/mol. The number of nitrogens with one attached hydrogen (secondary N) is 1. The Balaban J connectivity index is 2.20. The van der Waals surface area contributed by atoms with Gasteiger partial charge in [-0.2, -0.15) is 5.26 Å². The second kappa shape index (κ2) is 5.57. The molecule has 0 saturated heterocycles. The van der Waals surface area contributed by atoms with E-state index < -0.39 is 0 Å². The third-order valence-corrected chi connectivity index (χ3v) is 2.91. The van der Waals surface area contributed by atoms with Crippen LogP contribution in [0.4, 0.5) is 5.69 Å². The van der Waals surface area contributed by atoms with Crippen molar-refractivity contribution >= 4 is 17.3 Å². The summed E-state index contributed by atoms with van der Waals surface area (Å²) in [6, 6.07) is 17.1. The first-order valence-corrected chi connectivity index (χ1v) is 6.05. The molecule has 0 amide bonds. The molecule has 0 aliphatic rings. The fourth-order valence-electron chi connectivity index (χ4n) is 1.75. The van der Waals surface area contributed by atoms with E-state index in [1.54, 1.807) is 12.1 Å². The summed E-state index contributed by atoms with van der Waals surface area (Å²) in [4.78, 5) is 0. The molecular formula is C15H13ClN2. The van der Waals surface area contributed by atoms with Crippen LogP contribution in [-0.2, 0) is 0 Å². The van der Waals surface area contributed by atoms with Gasteiger partial charge in [0.1, 0.15) is 6.04 Å². The topological polar surface area (TPSA) is 35.8 Å². The predicted molar refractivity (Wildman–Crippen MR) is 74.6 cm³/mol. The molecule has 0 saturated carbocycles. The van der Waals surface area contributed by atoms with E-state index in [4.69, 9.17) is 11.6 Å². The second-order valence-electron chi connectivity index (χ2n) is 4.13. The minimum absolute atomic E-state index is 0.371. The summed E-state index contributed by atoms with van der Waals surface area (Å²) in [5.74, 6) is 0. The minimum Gasteiger partial charge on any atom is -0.366 e. The van der Waals surface area contributed by atoms with E-state index in [0.29, 0.717) is 5.02 Å². The van der Waals surface area contributed by atoms with Gasteiger partial charge in [-0.3, -0.25) is 0 Å². The molecule has 0 fully saturated rings. The minimum atomic E-state index is -0.371. The molecule has 2 aromatic rings. The van der Waals surface area contributed by atoms with Gasteiger partial charge in [-0.25, -0.2) is 0 Å². The highest BCUT2D eigenvalue weighted by Crippen LogP contribution is 2.21. The molecule has 18 heavy (non-hydrogen) atoms. The molecule has 0 bridgehead atoms. The lowest BCUT2D eigenvalue weighted by atomic mass is 10.1. The van der Waals surface area contributed by atoms with Gasteiger partial charge >= 0.3 is 0 Å². The number of benzene rings is 2. The van der Waals surface area contributed by atoms with E-state index >= 15 is 0 Å². The van der Waals surface area contributed by atoms with Crippen LogP contribution in [0, 0.1) is 18.3 Å². The smallest absolute Gasteiger partial charge is 0.140 e. The average molecular weight is 257 g/mol. The Morgan fingerprint density at radius 1 is 1.17 bits per heavy atom. The number of nitrogens with zero attached hydrogens (tertiary/aromatic N) is 1. The Morgan fingerprint density at radius 2 is 1.89 bits per heavy atom. The van der Waals surface area contributed by atoms with Crippen molar-refractivity contribution < 1.29 is 0 Å². The summed E-state index contributed by atoms with van der Waals surface area (Å²) in [5.41, 5.74) is 3.01. The van der Waals surface area contributed by atoms with E-state index in [2.05, 4.69) is 11.4 Å². The number of hydrogen-bond donors (Lipinski definition) is 1. The molecule has 0 aliphatic carbocycles. The molecule has 2 nitrogen and oxygen atoms in total. The van der Waals surface area contributed by atoms with Gasteiger partial charge < -0.3 is 5.32 Å². The number of halogens is 1. The van der Waals surface area contributed by atoms with Crippen molar-refractivity contribution in [2.24, 2.45) is 0 Å². The maximum Gasteiger partial charge on any atom is 0.140 e. The fraction of sp³-hybridized carbons (Fsp3) is 0.133. The molecule has 0 heterocycles. The van der Waals surface area contributed by atoms with E-state index in [0.717, 1.165) is 16.8 Å². The van der Waals surface area contributed by atoms with E-state index in [1.165, 1.54) is 0 Å². The molecule has 90 valence electrons. The Morgan fingerprint density at radius 3 is 2.50 bits per heavy atom. The zero-order chi connectivity index (χ0) is 13.0. The van der Waals surface area contributed by atoms with Crippen LogP contribution in [-0.4, -0.2) is 0 Å². The van der Waals surface area contributed by atoms with Gasteiger partial charge in [0.2, 0.25) is 0 Å². The molecule has 0 spiro atoms. The molecule has 2 aromatic carbocycles. The van der Waals surface area contributed by atoms with Crippen LogP contribution in [0.3, 0.4) is 0 Å². The molecule has 0 radical (unpaired) electrons. The molecule has 1 N–H and O–H groups in total. The quantitative estimate of drug-likeness (QED) is 0.887. The normalized spacial score (nSPS) is 11.6. The summed E-state index contributed by atoms with van der Waals surface area (Å²) < 4.78 is 0. The van der Waals surface area contributed by atoms with Gasteiger partial charge in [0.05, 0.1) is 6.07 Å². The number of rotatable bonds is 3. The zero-order valence-electron chi connectivity index (χ0n) is 10.0. The van der Waals surface area contributed by atoms with Crippen LogP contribution in [0.15, 0.2) is 48.5 Å². The Labute approximate surface area is 112 Å². The van der Waals surface area contributed by atoms with Crippen molar-refractivity contribution in [3.63, 3.8) is 0 Å². The first-order valence-electron chi connectivity index (χ1n) is 5.67. The first kappa shape index (κ1) is 12.5. The summed E-state index contributed by atoms with van der Waals surface area (Å²) in [5, 5.41) is 13.1. The van der Waals surface area contributed by atoms with Gasteiger partial charge in [-0.1, -0.05) is 35.9 Å². The third-order valence-electron chi connectivity index (χ3n) is 2.66. The van der Waals surface area contributed by atoms with Crippen molar-refractivity contribution in [3.8, 4) is 6.07 Å². The van der Waals surface area contributed by atoms with E-state index in [9.17, 15) is 5.26 Å². The fourth-order valence-corrected chi connectivity index (χ4v) is 1.87. The molecular weight excluding hydrogens is 244 g/mol. The SMILES string of the molecule is Cc1cccc(NC(C#N)c2ccc(Cl)cc2)c1. The van der Waals surface area contributed by atoms with Crippen molar-refractivity contribution in [1.29, 1.82) is 5.26 Å². The van der Waals surface area contributed by atoms with E-state index in [1.807, 2.05) is 43.3 Å². The van der Waals surface area contributed by atoms with Crippen LogP contribution < -0.4 is 5.32 Å². The number of aryl methyl sites for hydroxylation is 1. The van der Waals surface area contributed by atoms with Crippen LogP contribution in [0.1, 0.15) is 17.2 Å².